The van der Waals surface area contributed by atoms with Crippen LogP contribution in [-0.4, -0.2) is 0 Å². The van der Waals surface area contributed by atoms with E-state index in [0.717, 1.165) is 31.4 Å². The van der Waals surface area contributed by atoms with E-state index in [1.165, 1.54) is 39.1 Å². The summed E-state index contributed by atoms with van der Waals surface area (Å²) in [6.07, 6.45) is 6.13. The van der Waals surface area contributed by atoms with Crippen molar-refractivity contribution in [2.45, 2.75) is 31.1 Å². The molecular weight excluding hydrogens is 366 g/mol. The van der Waals surface area contributed by atoms with E-state index in [2.05, 4.69) is 72.7 Å². The maximum atomic E-state index is 6.07. The van der Waals surface area contributed by atoms with Crippen LogP contribution in [0.5, 0.6) is 5.75 Å². The Kier molecular flexibility index (Phi) is 3.89. The zero-order chi connectivity index (χ0) is 20.1. The number of hydroxylamine groups is 1. The Hall–Kier alpha value is -3.26. The van der Waals surface area contributed by atoms with Gasteiger partial charge in [-0.1, -0.05) is 72.8 Å². The molecular formula is C28H25NO. The monoisotopic (exact) mass is 391 g/mol. The molecule has 0 radical (unpaired) electrons. The highest BCUT2D eigenvalue weighted by atomic mass is 16.6. The molecule has 0 saturated carbocycles. The normalized spacial score (nSPS) is 23.4. The summed E-state index contributed by atoms with van der Waals surface area (Å²) in [7, 11) is 0. The molecule has 3 aliphatic rings. The van der Waals surface area contributed by atoms with Crippen LogP contribution in [0.1, 0.15) is 40.7 Å². The van der Waals surface area contributed by atoms with Crippen molar-refractivity contribution in [3.8, 4) is 5.75 Å². The molecule has 0 aromatic heterocycles. The van der Waals surface area contributed by atoms with Gasteiger partial charge in [0.05, 0.1) is 5.70 Å². The highest BCUT2D eigenvalue weighted by Gasteiger charge is 2.53. The van der Waals surface area contributed by atoms with Gasteiger partial charge in [-0.3, -0.25) is 0 Å². The predicted octanol–water partition coefficient (Wildman–Crippen LogP) is 5.98. The molecule has 6 rings (SSSR count). The average molecular weight is 392 g/mol. The molecule has 2 heteroatoms. The van der Waals surface area contributed by atoms with E-state index < -0.39 is 0 Å². The minimum absolute atomic E-state index is 0.00240. The van der Waals surface area contributed by atoms with Crippen molar-refractivity contribution in [1.82, 2.24) is 5.48 Å². The number of rotatable bonds is 3. The Morgan fingerprint density at radius 1 is 0.933 bits per heavy atom. The van der Waals surface area contributed by atoms with Crippen LogP contribution in [-0.2, 0) is 18.3 Å². The van der Waals surface area contributed by atoms with Crippen LogP contribution >= 0.6 is 0 Å². The summed E-state index contributed by atoms with van der Waals surface area (Å²) < 4.78 is 0. The Morgan fingerprint density at radius 2 is 1.63 bits per heavy atom. The first-order valence-electron chi connectivity index (χ1n) is 10.9. The van der Waals surface area contributed by atoms with Crippen LogP contribution in [0.3, 0.4) is 0 Å². The van der Waals surface area contributed by atoms with Gasteiger partial charge in [-0.2, -0.15) is 0 Å². The Balaban J connectivity index is 1.60. The van der Waals surface area contributed by atoms with Gasteiger partial charge in [0.1, 0.15) is 0 Å². The molecule has 3 aromatic carbocycles. The second-order valence-electron chi connectivity index (χ2n) is 8.63. The number of hydrogen-bond donors (Lipinski definition) is 1. The lowest BCUT2D eigenvalue weighted by Crippen LogP contribution is -2.39. The molecule has 1 heterocycles. The number of allylic oxidation sites excluding steroid dienone is 3. The van der Waals surface area contributed by atoms with E-state index in [0.29, 0.717) is 5.92 Å². The second-order valence-corrected chi connectivity index (χ2v) is 8.63. The van der Waals surface area contributed by atoms with Gasteiger partial charge in [-0.25, -0.2) is 5.48 Å². The summed E-state index contributed by atoms with van der Waals surface area (Å²) >= 11 is 0. The minimum atomic E-state index is -0.00240. The van der Waals surface area contributed by atoms with Crippen molar-refractivity contribution >= 4 is 5.57 Å². The first-order valence-corrected chi connectivity index (χ1v) is 10.9. The Bertz CT molecular complexity index is 1180. The minimum Gasteiger partial charge on any atom is -0.382 e. The van der Waals surface area contributed by atoms with Gasteiger partial charge in [-0.05, 0) is 59.6 Å². The average Bonchev–Trinajstić information content (AvgIpc) is 3.34. The molecule has 0 saturated heterocycles. The maximum absolute atomic E-state index is 6.07. The molecule has 2 aliphatic carbocycles. The molecule has 2 atom stereocenters. The van der Waals surface area contributed by atoms with E-state index in [-0.39, 0.29) is 5.41 Å². The molecule has 148 valence electrons. The molecule has 1 N–H and O–H groups in total. The Labute approximate surface area is 177 Å². The van der Waals surface area contributed by atoms with E-state index >= 15 is 0 Å². The van der Waals surface area contributed by atoms with E-state index in [9.17, 15) is 0 Å². The summed E-state index contributed by atoms with van der Waals surface area (Å²) in [4.78, 5) is 6.07. The first kappa shape index (κ1) is 17.6. The van der Waals surface area contributed by atoms with E-state index in [1.807, 2.05) is 18.2 Å². The number of fused-ring (bicyclic) bond motifs is 5. The summed E-state index contributed by atoms with van der Waals surface area (Å²) in [5, 5.41) is 0. The third-order valence-electron chi connectivity index (χ3n) is 7.31. The third kappa shape index (κ3) is 2.31. The van der Waals surface area contributed by atoms with Gasteiger partial charge in [0, 0.05) is 16.9 Å². The summed E-state index contributed by atoms with van der Waals surface area (Å²) in [5.74, 6) is 1.22. The van der Waals surface area contributed by atoms with Gasteiger partial charge in [0.15, 0.2) is 5.75 Å². The lowest BCUT2D eigenvalue weighted by atomic mass is 9.68. The maximum Gasteiger partial charge on any atom is 0.162 e. The van der Waals surface area contributed by atoms with Gasteiger partial charge in [0.25, 0.3) is 0 Å². The molecule has 1 spiro atoms. The molecule has 2 nitrogen and oxygen atoms in total. The third-order valence-corrected chi connectivity index (χ3v) is 7.31. The zero-order valence-electron chi connectivity index (χ0n) is 17.0. The summed E-state index contributed by atoms with van der Waals surface area (Å²) in [6, 6.07) is 26.4. The number of para-hydroxylation sites is 1. The van der Waals surface area contributed by atoms with Gasteiger partial charge in [0.2, 0.25) is 0 Å². The molecule has 0 amide bonds. The molecule has 0 fully saturated rings. The quantitative estimate of drug-likeness (QED) is 0.555. The number of nitrogens with one attached hydrogen (secondary N) is 1. The smallest absolute Gasteiger partial charge is 0.162 e. The number of hydrogen-bond acceptors (Lipinski definition) is 2. The van der Waals surface area contributed by atoms with Crippen LogP contribution in [0.2, 0.25) is 0 Å². The van der Waals surface area contributed by atoms with E-state index in [1.54, 1.807) is 0 Å². The summed E-state index contributed by atoms with van der Waals surface area (Å²) in [5.41, 5.74) is 13.1. The highest BCUT2D eigenvalue weighted by Crippen LogP contribution is 2.58. The summed E-state index contributed by atoms with van der Waals surface area (Å²) in [6.45, 7) is 4.05. The fourth-order valence-corrected chi connectivity index (χ4v) is 6.11. The van der Waals surface area contributed by atoms with Crippen LogP contribution < -0.4 is 10.3 Å². The van der Waals surface area contributed by atoms with Gasteiger partial charge in [-0.15, -0.1) is 6.58 Å². The highest BCUT2D eigenvalue weighted by molar-refractivity contribution is 5.76. The van der Waals surface area contributed by atoms with Crippen molar-refractivity contribution in [3.05, 3.63) is 119 Å². The lowest BCUT2D eigenvalue weighted by Gasteiger charge is -2.38. The lowest BCUT2D eigenvalue weighted by molar-refractivity contribution is 0.194. The van der Waals surface area contributed by atoms with Crippen molar-refractivity contribution in [2.24, 2.45) is 5.92 Å². The van der Waals surface area contributed by atoms with Crippen LogP contribution in [0.15, 0.2) is 91.1 Å². The van der Waals surface area contributed by atoms with Gasteiger partial charge >= 0.3 is 0 Å². The molecule has 1 aliphatic heterocycles. The van der Waals surface area contributed by atoms with Crippen LogP contribution in [0, 0.1) is 5.92 Å². The fourth-order valence-electron chi connectivity index (χ4n) is 6.11. The Morgan fingerprint density at radius 3 is 2.47 bits per heavy atom. The van der Waals surface area contributed by atoms with E-state index in [4.69, 9.17) is 4.84 Å². The van der Waals surface area contributed by atoms with Crippen molar-refractivity contribution in [3.63, 3.8) is 0 Å². The molecule has 0 bridgehead atoms. The molecule has 3 aromatic rings. The predicted molar refractivity (Wildman–Crippen MR) is 121 cm³/mol. The first-order chi connectivity index (χ1) is 14.8. The standard InChI is InChI=1S/C28H25NO/c1-2-9-22-21-12-5-8-15-26(21)30-29-27(22)25-18-20-11-4-7-14-24(20)28(25)17-16-19-10-3-6-13-23(19)28/h2-8,10-15,25,29H,1,9,16-18H2. The van der Waals surface area contributed by atoms with Crippen molar-refractivity contribution < 1.29 is 4.84 Å². The van der Waals surface area contributed by atoms with Crippen molar-refractivity contribution in [2.75, 3.05) is 0 Å². The molecule has 2 unspecified atom stereocenters. The number of benzene rings is 3. The second kappa shape index (κ2) is 6.63. The SMILES string of the molecule is C=CCC1=C(C2Cc3ccccc3C23CCc2ccccc23)NOc2ccccc21. The number of aryl methyl sites for hydroxylation is 1. The van der Waals surface area contributed by atoms with Crippen LogP contribution in [0.25, 0.3) is 5.57 Å². The zero-order valence-corrected chi connectivity index (χ0v) is 17.0. The van der Waals surface area contributed by atoms with Gasteiger partial charge < -0.3 is 4.84 Å². The molecule has 30 heavy (non-hydrogen) atoms. The van der Waals surface area contributed by atoms with Crippen molar-refractivity contribution in [1.29, 1.82) is 0 Å². The largest absolute Gasteiger partial charge is 0.382 e. The van der Waals surface area contributed by atoms with Crippen LogP contribution in [0.4, 0.5) is 0 Å². The topological polar surface area (TPSA) is 21.3 Å². The fraction of sp³-hybridized carbons (Fsp3) is 0.214.